The maximum atomic E-state index is 12.8. The van der Waals surface area contributed by atoms with Gasteiger partial charge in [0, 0.05) is 13.0 Å². The average Bonchev–Trinajstić information content (AvgIpc) is 3.29. The summed E-state index contributed by atoms with van der Waals surface area (Å²) in [4.78, 5) is 14.9. The number of fused-ring (bicyclic) bond motifs is 1. The number of amides is 1. The molecule has 2 aliphatic heterocycles. The highest BCUT2D eigenvalue weighted by Crippen LogP contribution is 2.35. The number of hydrogen-bond acceptors (Lipinski definition) is 7. The number of ether oxygens (including phenoxy) is 2. The Morgan fingerprint density at radius 3 is 2.52 bits per heavy atom. The second-order valence-electron chi connectivity index (χ2n) is 8.69. The molecule has 2 heterocycles. The number of nitrogens with zero attached hydrogens (tertiary/aromatic N) is 1. The zero-order valence-corrected chi connectivity index (χ0v) is 20.1. The van der Waals surface area contributed by atoms with E-state index in [0.717, 1.165) is 58.0 Å². The molecule has 3 rings (SSSR count). The number of unbranched alkanes of at least 4 members (excludes halogenated alkanes) is 4. The topological polar surface area (TPSA) is 114 Å². The van der Waals surface area contributed by atoms with Crippen molar-refractivity contribution in [1.82, 2.24) is 10.2 Å². The van der Waals surface area contributed by atoms with E-state index >= 15 is 0 Å². The molecule has 0 bridgehead atoms. The molecule has 10 heteroatoms. The Bertz CT molecular complexity index is 872. The van der Waals surface area contributed by atoms with Crippen LogP contribution < -0.4 is 14.8 Å². The Hall–Kier alpha value is -1.88. The fraction of sp³-hybridized carbons (Fsp3) is 0.696. The number of carbonyl (C=O) groups excluding carboxylic acids is 1. The van der Waals surface area contributed by atoms with E-state index in [1.54, 1.807) is 18.2 Å². The van der Waals surface area contributed by atoms with Gasteiger partial charge in [0.05, 0.1) is 6.04 Å². The summed E-state index contributed by atoms with van der Waals surface area (Å²) in [5, 5.41) is 2.98. The van der Waals surface area contributed by atoms with E-state index < -0.39 is 22.5 Å². The SMILES string of the molecule is CCCCCCCC(=O)NC(CN1CCCC1)C(OS(=O)(=O)O)c1ccc2c(c1)OCCO2. The van der Waals surface area contributed by atoms with Crippen molar-refractivity contribution in [1.29, 1.82) is 0 Å². The van der Waals surface area contributed by atoms with Crippen LogP contribution in [-0.4, -0.2) is 62.7 Å². The quantitative estimate of drug-likeness (QED) is 0.324. The van der Waals surface area contributed by atoms with E-state index in [-0.39, 0.29) is 5.91 Å². The van der Waals surface area contributed by atoms with E-state index in [0.29, 0.717) is 43.2 Å². The van der Waals surface area contributed by atoms with E-state index in [1.165, 1.54) is 0 Å². The Balaban J connectivity index is 1.79. The third-order valence-electron chi connectivity index (χ3n) is 5.99. The lowest BCUT2D eigenvalue weighted by molar-refractivity contribution is -0.122. The van der Waals surface area contributed by atoms with Gasteiger partial charge in [0.15, 0.2) is 11.5 Å². The fourth-order valence-electron chi connectivity index (χ4n) is 4.35. The van der Waals surface area contributed by atoms with Gasteiger partial charge in [0.1, 0.15) is 19.3 Å². The van der Waals surface area contributed by atoms with E-state index in [9.17, 15) is 17.8 Å². The van der Waals surface area contributed by atoms with Crippen LogP contribution in [0.4, 0.5) is 0 Å². The van der Waals surface area contributed by atoms with E-state index in [1.807, 2.05) is 0 Å². The first-order chi connectivity index (χ1) is 15.9. The molecule has 186 valence electrons. The molecule has 9 nitrogen and oxygen atoms in total. The summed E-state index contributed by atoms with van der Waals surface area (Å²) in [6.07, 6.45) is 6.47. The van der Waals surface area contributed by atoms with Crippen LogP contribution in [0.5, 0.6) is 11.5 Å². The van der Waals surface area contributed by atoms with Crippen LogP contribution in [-0.2, 0) is 19.4 Å². The maximum Gasteiger partial charge on any atom is 0.398 e. The first kappa shape index (κ1) is 25.7. The molecule has 1 aromatic rings. The summed E-state index contributed by atoms with van der Waals surface area (Å²) in [6, 6.07) is 4.35. The van der Waals surface area contributed by atoms with Crippen molar-refractivity contribution in [2.24, 2.45) is 0 Å². The van der Waals surface area contributed by atoms with Crippen molar-refractivity contribution < 1.29 is 31.4 Å². The van der Waals surface area contributed by atoms with Crippen molar-refractivity contribution in [3.05, 3.63) is 23.8 Å². The van der Waals surface area contributed by atoms with Crippen LogP contribution in [0.3, 0.4) is 0 Å². The van der Waals surface area contributed by atoms with Crippen LogP contribution in [0, 0.1) is 0 Å². The minimum Gasteiger partial charge on any atom is -0.486 e. The van der Waals surface area contributed by atoms with Crippen molar-refractivity contribution in [2.45, 2.75) is 70.4 Å². The van der Waals surface area contributed by atoms with Gasteiger partial charge in [-0.25, -0.2) is 4.18 Å². The van der Waals surface area contributed by atoms with Gasteiger partial charge in [-0.1, -0.05) is 38.7 Å². The Labute approximate surface area is 196 Å². The third-order valence-corrected chi connectivity index (χ3v) is 6.44. The zero-order valence-electron chi connectivity index (χ0n) is 19.3. The minimum absolute atomic E-state index is 0.155. The molecule has 1 fully saturated rings. The van der Waals surface area contributed by atoms with Crippen LogP contribution in [0.2, 0.25) is 0 Å². The Kier molecular flexibility index (Phi) is 9.78. The molecule has 2 N–H and O–H groups in total. The lowest BCUT2D eigenvalue weighted by Crippen LogP contribution is -2.47. The predicted molar refractivity (Wildman–Crippen MR) is 124 cm³/mol. The number of rotatable bonds is 13. The van der Waals surface area contributed by atoms with E-state index in [2.05, 4.69) is 17.1 Å². The molecule has 0 aliphatic carbocycles. The number of likely N-dealkylation sites (tertiary alicyclic amines) is 1. The molecule has 0 saturated carbocycles. The second-order valence-corrected chi connectivity index (χ2v) is 9.74. The summed E-state index contributed by atoms with van der Waals surface area (Å²) < 4.78 is 49.4. The average molecular weight is 485 g/mol. The highest BCUT2D eigenvalue weighted by Gasteiger charge is 2.33. The summed E-state index contributed by atoms with van der Waals surface area (Å²) in [5.41, 5.74) is 0.476. The maximum absolute atomic E-state index is 12.8. The lowest BCUT2D eigenvalue weighted by Gasteiger charge is -2.31. The molecular formula is C23H36N2O7S. The standard InChI is InChI=1S/C23H36N2O7S/c1-2-3-4-5-6-9-22(26)24-19(17-25-12-7-8-13-25)23(32-33(27,28)29)18-10-11-20-21(16-18)31-15-14-30-20/h10-11,16,19,23H,2-9,12-15,17H2,1H3,(H,24,26)(H,27,28,29). The molecule has 33 heavy (non-hydrogen) atoms. The number of benzene rings is 1. The monoisotopic (exact) mass is 484 g/mol. The smallest absolute Gasteiger partial charge is 0.398 e. The van der Waals surface area contributed by atoms with Gasteiger partial charge in [-0.2, -0.15) is 8.42 Å². The number of hydrogen-bond donors (Lipinski definition) is 2. The van der Waals surface area contributed by atoms with Gasteiger partial charge in [-0.3, -0.25) is 9.35 Å². The molecule has 2 atom stereocenters. The van der Waals surface area contributed by atoms with Crippen molar-refractivity contribution >= 4 is 16.3 Å². The zero-order chi connectivity index (χ0) is 23.7. The molecule has 0 spiro atoms. The van der Waals surface area contributed by atoms with Crippen molar-refractivity contribution in [2.75, 3.05) is 32.8 Å². The molecule has 1 aromatic carbocycles. The van der Waals surface area contributed by atoms with Crippen LogP contribution in [0.15, 0.2) is 18.2 Å². The summed E-state index contributed by atoms with van der Waals surface area (Å²) in [7, 11) is -4.78. The van der Waals surface area contributed by atoms with Gasteiger partial charge in [0.25, 0.3) is 0 Å². The van der Waals surface area contributed by atoms with E-state index in [4.69, 9.17) is 13.7 Å². The molecule has 1 saturated heterocycles. The summed E-state index contributed by atoms with van der Waals surface area (Å²) in [6.45, 7) is 5.10. The first-order valence-electron chi connectivity index (χ1n) is 11.9. The van der Waals surface area contributed by atoms with Gasteiger partial charge in [-0.15, -0.1) is 0 Å². The second kappa shape index (κ2) is 12.5. The largest absolute Gasteiger partial charge is 0.486 e. The lowest BCUT2D eigenvalue weighted by atomic mass is 10.0. The predicted octanol–water partition coefficient (Wildman–Crippen LogP) is 3.26. The Morgan fingerprint density at radius 2 is 1.82 bits per heavy atom. The molecule has 2 aliphatic rings. The summed E-state index contributed by atoms with van der Waals surface area (Å²) in [5.74, 6) is 0.879. The highest BCUT2D eigenvalue weighted by atomic mass is 32.3. The van der Waals surface area contributed by atoms with Gasteiger partial charge >= 0.3 is 10.4 Å². The normalized spacial score (nSPS) is 18.1. The van der Waals surface area contributed by atoms with Gasteiger partial charge in [-0.05, 0) is 50.0 Å². The highest BCUT2D eigenvalue weighted by molar-refractivity contribution is 7.80. The summed E-state index contributed by atoms with van der Waals surface area (Å²) >= 11 is 0. The van der Waals surface area contributed by atoms with Gasteiger partial charge < -0.3 is 19.7 Å². The van der Waals surface area contributed by atoms with Crippen LogP contribution >= 0.6 is 0 Å². The molecular weight excluding hydrogens is 448 g/mol. The van der Waals surface area contributed by atoms with Crippen molar-refractivity contribution in [3.63, 3.8) is 0 Å². The molecule has 1 amide bonds. The molecule has 0 radical (unpaired) electrons. The molecule has 0 aromatic heterocycles. The Morgan fingerprint density at radius 1 is 1.12 bits per heavy atom. The fourth-order valence-corrected chi connectivity index (χ4v) is 4.86. The molecule has 2 unspecified atom stereocenters. The first-order valence-corrected chi connectivity index (χ1v) is 13.3. The third kappa shape index (κ3) is 8.44. The minimum atomic E-state index is -4.78. The van der Waals surface area contributed by atoms with Crippen LogP contribution in [0.1, 0.15) is 70.0 Å². The number of carbonyl (C=O) groups is 1. The van der Waals surface area contributed by atoms with Crippen LogP contribution in [0.25, 0.3) is 0 Å². The number of nitrogens with one attached hydrogen (secondary N) is 1. The van der Waals surface area contributed by atoms with Gasteiger partial charge in [0.2, 0.25) is 5.91 Å². The van der Waals surface area contributed by atoms with Crippen molar-refractivity contribution in [3.8, 4) is 11.5 Å².